The van der Waals surface area contributed by atoms with Crippen LogP contribution in [0.1, 0.15) is 12.1 Å². The fourth-order valence-corrected chi connectivity index (χ4v) is 2.17. The number of aromatic nitrogens is 2. The van der Waals surface area contributed by atoms with Gasteiger partial charge in [0.25, 0.3) is 0 Å². The number of aryl methyl sites for hydroxylation is 2. The van der Waals surface area contributed by atoms with E-state index >= 15 is 0 Å². The van der Waals surface area contributed by atoms with Gasteiger partial charge in [0.15, 0.2) is 0 Å². The first kappa shape index (κ1) is 9.71. The van der Waals surface area contributed by atoms with Crippen LogP contribution in [-0.4, -0.2) is 27.1 Å². The third-order valence-corrected chi connectivity index (χ3v) is 3.24. The third-order valence-electron chi connectivity index (χ3n) is 2.39. The second kappa shape index (κ2) is 3.38. The number of carbonyl (C=O) groups excluding carboxylic acids is 1. The fraction of sp³-hybridized carbons (Fsp3) is 0.556. The Labute approximate surface area is 91.0 Å². The van der Waals surface area contributed by atoms with Gasteiger partial charge in [-0.1, -0.05) is 15.9 Å². The van der Waals surface area contributed by atoms with Crippen molar-refractivity contribution >= 4 is 27.7 Å². The molecule has 1 aliphatic rings. The Kier molecular flexibility index (Phi) is 2.34. The number of amides is 1. The summed E-state index contributed by atoms with van der Waals surface area (Å²) in [6, 6.07) is 1.93. The zero-order chi connectivity index (χ0) is 10.3. The zero-order valence-electron chi connectivity index (χ0n) is 8.20. The molecule has 1 amide bonds. The van der Waals surface area contributed by atoms with E-state index in [1.54, 1.807) is 9.58 Å². The van der Waals surface area contributed by atoms with Crippen LogP contribution < -0.4 is 4.90 Å². The van der Waals surface area contributed by atoms with Crippen molar-refractivity contribution in [3.63, 3.8) is 0 Å². The Balaban J connectivity index is 2.32. The average Bonchev–Trinajstić information content (AvgIpc) is 2.59. The molecule has 1 atom stereocenters. The third kappa shape index (κ3) is 1.45. The molecule has 14 heavy (non-hydrogen) atoms. The number of carbonyl (C=O) groups is 1. The highest BCUT2D eigenvalue weighted by Crippen LogP contribution is 2.25. The SMILES string of the molecule is Cc1cc(N2CCC(Br)C2=O)n(C)n1. The van der Waals surface area contributed by atoms with Crippen molar-refractivity contribution in [3.8, 4) is 0 Å². The maximum atomic E-state index is 11.7. The van der Waals surface area contributed by atoms with E-state index in [1.807, 2.05) is 20.0 Å². The van der Waals surface area contributed by atoms with Crippen LogP contribution in [0.2, 0.25) is 0 Å². The molecule has 4 nitrogen and oxygen atoms in total. The van der Waals surface area contributed by atoms with E-state index < -0.39 is 0 Å². The van der Waals surface area contributed by atoms with Crippen molar-refractivity contribution in [2.45, 2.75) is 18.2 Å². The van der Waals surface area contributed by atoms with Crippen molar-refractivity contribution in [3.05, 3.63) is 11.8 Å². The van der Waals surface area contributed by atoms with Crippen molar-refractivity contribution in [1.29, 1.82) is 0 Å². The normalized spacial score (nSPS) is 22.1. The van der Waals surface area contributed by atoms with E-state index in [-0.39, 0.29) is 10.7 Å². The minimum Gasteiger partial charge on any atom is -0.296 e. The Morgan fingerprint density at radius 1 is 1.64 bits per heavy atom. The van der Waals surface area contributed by atoms with Crippen LogP contribution in [-0.2, 0) is 11.8 Å². The molecule has 1 aromatic rings. The maximum absolute atomic E-state index is 11.7. The van der Waals surface area contributed by atoms with Crippen molar-refractivity contribution < 1.29 is 4.79 Å². The van der Waals surface area contributed by atoms with E-state index in [0.717, 1.165) is 24.5 Å². The lowest BCUT2D eigenvalue weighted by atomic mass is 10.4. The molecule has 0 radical (unpaired) electrons. The summed E-state index contributed by atoms with van der Waals surface area (Å²) in [6.45, 7) is 2.70. The molecule has 1 aliphatic heterocycles. The largest absolute Gasteiger partial charge is 0.296 e. The highest BCUT2D eigenvalue weighted by atomic mass is 79.9. The molecule has 5 heteroatoms. The van der Waals surface area contributed by atoms with Crippen LogP contribution in [0.25, 0.3) is 0 Å². The first-order valence-electron chi connectivity index (χ1n) is 4.55. The molecule has 0 aliphatic carbocycles. The molecule has 0 N–H and O–H groups in total. The molecular weight excluding hydrogens is 246 g/mol. The van der Waals surface area contributed by atoms with E-state index in [1.165, 1.54) is 0 Å². The molecule has 0 bridgehead atoms. The average molecular weight is 258 g/mol. The number of anilines is 1. The molecular formula is C9H12BrN3O. The predicted molar refractivity (Wildman–Crippen MR) is 57.6 cm³/mol. The van der Waals surface area contributed by atoms with Gasteiger partial charge in [-0.05, 0) is 13.3 Å². The number of nitrogens with zero attached hydrogens (tertiary/aromatic N) is 3. The summed E-state index contributed by atoms with van der Waals surface area (Å²) < 4.78 is 1.75. The Bertz CT molecular complexity index is 374. The Hall–Kier alpha value is -0.840. The van der Waals surface area contributed by atoms with Gasteiger partial charge in [-0.3, -0.25) is 14.4 Å². The highest BCUT2D eigenvalue weighted by molar-refractivity contribution is 9.10. The maximum Gasteiger partial charge on any atom is 0.241 e. The summed E-state index contributed by atoms with van der Waals surface area (Å²) in [5.74, 6) is 1.02. The van der Waals surface area contributed by atoms with Crippen LogP contribution in [0.15, 0.2) is 6.07 Å². The van der Waals surface area contributed by atoms with Gasteiger partial charge in [-0.25, -0.2) is 0 Å². The summed E-state index contributed by atoms with van der Waals surface area (Å²) in [5, 5.41) is 4.22. The predicted octanol–water partition coefficient (Wildman–Crippen LogP) is 1.23. The number of hydrogen-bond donors (Lipinski definition) is 0. The van der Waals surface area contributed by atoms with Gasteiger partial charge in [0, 0.05) is 19.7 Å². The first-order valence-corrected chi connectivity index (χ1v) is 5.47. The van der Waals surface area contributed by atoms with Gasteiger partial charge in [0.2, 0.25) is 5.91 Å². The van der Waals surface area contributed by atoms with Gasteiger partial charge in [0.1, 0.15) is 5.82 Å². The second-order valence-corrected chi connectivity index (χ2v) is 4.62. The molecule has 2 heterocycles. The van der Waals surface area contributed by atoms with Gasteiger partial charge in [0.05, 0.1) is 10.5 Å². The minimum absolute atomic E-state index is 0.0299. The van der Waals surface area contributed by atoms with Crippen LogP contribution in [0.4, 0.5) is 5.82 Å². The number of hydrogen-bond acceptors (Lipinski definition) is 2. The lowest BCUT2D eigenvalue weighted by Gasteiger charge is -2.15. The van der Waals surface area contributed by atoms with E-state index in [9.17, 15) is 4.79 Å². The summed E-state index contributed by atoms with van der Waals surface area (Å²) in [4.78, 5) is 13.5. The molecule has 1 saturated heterocycles. The van der Waals surface area contributed by atoms with E-state index in [2.05, 4.69) is 21.0 Å². The standard InChI is InChI=1S/C9H12BrN3O/c1-6-5-8(12(2)11-6)13-4-3-7(10)9(13)14/h5,7H,3-4H2,1-2H3. The topological polar surface area (TPSA) is 38.1 Å². The van der Waals surface area contributed by atoms with Gasteiger partial charge < -0.3 is 0 Å². The van der Waals surface area contributed by atoms with E-state index in [4.69, 9.17) is 0 Å². The Morgan fingerprint density at radius 2 is 2.36 bits per heavy atom. The fourth-order valence-electron chi connectivity index (χ4n) is 1.72. The highest BCUT2D eigenvalue weighted by Gasteiger charge is 2.31. The lowest BCUT2D eigenvalue weighted by molar-refractivity contribution is -0.116. The van der Waals surface area contributed by atoms with E-state index in [0.29, 0.717) is 0 Å². The minimum atomic E-state index is -0.0299. The molecule has 76 valence electrons. The molecule has 1 unspecified atom stereocenters. The van der Waals surface area contributed by atoms with Gasteiger partial charge in [-0.15, -0.1) is 0 Å². The molecule has 1 fully saturated rings. The summed E-state index contributed by atoms with van der Waals surface area (Å²) in [5.41, 5.74) is 0.938. The van der Waals surface area contributed by atoms with Crippen LogP contribution in [0, 0.1) is 6.92 Å². The molecule has 1 aromatic heterocycles. The van der Waals surface area contributed by atoms with Crippen LogP contribution in [0.5, 0.6) is 0 Å². The van der Waals surface area contributed by atoms with Gasteiger partial charge in [-0.2, -0.15) is 5.10 Å². The van der Waals surface area contributed by atoms with Crippen molar-refractivity contribution in [2.24, 2.45) is 7.05 Å². The summed E-state index contributed by atoms with van der Waals surface area (Å²) >= 11 is 3.35. The second-order valence-electron chi connectivity index (χ2n) is 3.51. The van der Waals surface area contributed by atoms with Crippen molar-refractivity contribution in [1.82, 2.24) is 9.78 Å². The smallest absolute Gasteiger partial charge is 0.241 e. The van der Waals surface area contributed by atoms with Crippen LogP contribution in [0.3, 0.4) is 0 Å². The first-order chi connectivity index (χ1) is 6.59. The quantitative estimate of drug-likeness (QED) is 0.710. The zero-order valence-corrected chi connectivity index (χ0v) is 9.78. The number of alkyl halides is 1. The molecule has 0 spiro atoms. The Morgan fingerprint density at radius 3 is 2.79 bits per heavy atom. The molecule has 2 rings (SSSR count). The number of rotatable bonds is 1. The summed E-state index contributed by atoms with van der Waals surface area (Å²) in [7, 11) is 1.86. The van der Waals surface area contributed by atoms with Crippen molar-refractivity contribution in [2.75, 3.05) is 11.4 Å². The lowest BCUT2D eigenvalue weighted by Crippen LogP contribution is -2.28. The number of halogens is 1. The molecule has 0 saturated carbocycles. The van der Waals surface area contributed by atoms with Crippen LogP contribution >= 0.6 is 15.9 Å². The monoisotopic (exact) mass is 257 g/mol. The summed E-state index contributed by atoms with van der Waals surface area (Å²) in [6.07, 6.45) is 0.864. The molecule has 0 aromatic carbocycles. The van der Waals surface area contributed by atoms with Gasteiger partial charge >= 0.3 is 0 Å².